The highest BCUT2D eigenvalue weighted by atomic mass is 16.2. The van der Waals surface area contributed by atoms with E-state index in [2.05, 4.69) is 17.3 Å². The summed E-state index contributed by atoms with van der Waals surface area (Å²) in [5.41, 5.74) is 2.37. The summed E-state index contributed by atoms with van der Waals surface area (Å²) in [4.78, 5) is 26.8. The van der Waals surface area contributed by atoms with Gasteiger partial charge in [0.25, 0.3) is 5.91 Å². The molecule has 0 saturated carbocycles. The predicted molar refractivity (Wildman–Crippen MR) is 105 cm³/mol. The van der Waals surface area contributed by atoms with Gasteiger partial charge in [-0.15, -0.1) is 0 Å². The van der Waals surface area contributed by atoms with Crippen molar-refractivity contribution in [1.82, 2.24) is 20.0 Å². The Morgan fingerprint density at radius 2 is 2.04 bits per heavy atom. The number of carbonyl (C=O) groups excluding carboxylic acids is 2. The van der Waals surface area contributed by atoms with Gasteiger partial charge in [-0.3, -0.25) is 9.59 Å². The summed E-state index contributed by atoms with van der Waals surface area (Å²) >= 11 is 0. The van der Waals surface area contributed by atoms with Crippen molar-refractivity contribution < 1.29 is 9.59 Å². The molecule has 3 rings (SSSR count). The fourth-order valence-electron chi connectivity index (χ4n) is 3.65. The molecule has 2 aromatic rings. The van der Waals surface area contributed by atoms with Crippen molar-refractivity contribution in [2.24, 2.45) is 5.92 Å². The van der Waals surface area contributed by atoms with Gasteiger partial charge in [0, 0.05) is 26.1 Å². The Morgan fingerprint density at radius 3 is 2.74 bits per heavy atom. The van der Waals surface area contributed by atoms with Crippen molar-refractivity contribution in [2.75, 3.05) is 19.6 Å². The number of hydrogen-bond acceptors (Lipinski definition) is 3. The average molecular weight is 368 g/mol. The molecule has 1 aromatic heterocycles. The highest BCUT2D eigenvalue weighted by molar-refractivity contribution is 5.95. The molecule has 144 valence electrons. The maximum absolute atomic E-state index is 12.6. The highest BCUT2D eigenvalue weighted by Crippen LogP contribution is 2.17. The predicted octanol–water partition coefficient (Wildman–Crippen LogP) is 2.81. The second-order valence-electron chi connectivity index (χ2n) is 7.20. The quantitative estimate of drug-likeness (QED) is 0.853. The smallest absolute Gasteiger partial charge is 0.254 e. The minimum absolute atomic E-state index is 0.123. The molecule has 1 aliphatic heterocycles. The summed E-state index contributed by atoms with van der Waals surface area (Å²) in [5, 5.41) is 7.26. The first-order valence-corrected chi connectivity index (χ1v) is 9.78. The Bertz CT molecular complexity index is 785. The number of aromatic nitrogens is 2. The van der Waals surface area contributed by atoms with Crippen LogP contribution in [0, 0.1) is 5.92 Å². The van der Waals surface area contributed by atoms with Gasteiger partial charge in [-0.2, -0.15) is 5.10 Å². The molecular formula is C21H28N4O2. The molecule has 1 aliphatic rings. The summed E-state index contributed by atoms with van der Waals surface area (Å²) in [5.74, 6) is 0.514. The molecular weight excluding hydrogens is 340 g/mol. The molecule has 1 fully saturated rings. The van der Waals surface area contributed by atoms with Gasteiger partial charge in [0.15, 0.2) is 0 Å². The van der Waals surface area contributed by atoms with Gasteiger partial charge in [-0.1, -0.05) is 32.0 Å². The fraction of sp³-hybridized carbons (Fsp3) is 0.476. The molecule has 0 aliphatic carbocycles. The molecule has 0 bridgehead atoms. The Balaban J connectivity index is 1.58. The van der Waals surface area contributed by atoms with Gasteiger partial charge in [0.05, 0.1) is 23.1 Å². The van der Waals surface area contributed by atoms with Crippen LogP contribution in [0.15, 0.2) is 36.5 Å². The maximum Gasteiger partial charge on any atom is 0.254 e. The van der Waals surface area contributed by atoms with Crippen molar-refractivity contribution in [3.63, 3.8) is 0 Å². The number of piperidine rings is 1. The first kappa shape index (κ1) is 19.1. The SMILES string of the molecule is CCc1c(C(=O)NCCC(=O)N2CCCC(C)C2)cnn1-c1ccccc1. The molecule has 1 atom stereocenters. The van der Waals surface area contributed by atoms with Gasteiger partial charge in [-0.25, -0.2) is 4.68 Å². The highest BCUT2D eigenvalue weighted by Gasteiger charge is 2.21. The summed E-state index contributed by atoms with van der Waals surface area (Å²) in [6.07, 6.45) is 4.90. The van der Waals surface area contributed by atoms with Crippen molar-refractivity contribution in [2.45, 2.75) is 39.5 Å². The lowest BCUT2D eigenvalue weighted by Crippen LogP contribution is -2.40. The van der Waals surface area contributed by atoms with E-state index in [1.165, 1.54) is 6.42 Å². The Morgan fingerprint density at radius 1 is 1.26 bits per heavy atom. The van der Waals surface area contributed by atoms with Gasteiger partial charge in [0.1, 0.15) is 0 Å². The molecule has 2 heterocycles. The lowest BCUT2D eigenvalue weighted by molar-refractivity contribution is -0.132. The van der Waals surface area contributed by atoms with E-state index in [0.717, 1.165) is 30.9 Å². The average Bonchev–Trinajstić information content (AvgIpc) is 3.12. The third kappa shape index (κ3) is 4.56. The van der Waals surface area contributed by atoms with Gasteiger partial charge < -0.3 is 10.2 Å². The molecule has 1 unspecified atom stereocenters. The Hall–Kier alpha value is -2.63. The van der Waals surface area contributed by atoms with Crippen LogP contribution >= 0.6 is 0 Å². The van der Waals surface area contributed by atoms with Crippen LogP contribution in [0.2, 0.25) is 0 Å². The normalized spacial score (nSPS) is 17.0. The second-order valence-corrected chi connectivity index (χ2v) is 7.20. The summed E-state index contributed by atoms with van der Waals surface area (Å²) < 4.78 is 1.80. The Kier molecular flexibility index (Phi) is 6.27. The van der Waals surface area contributed by atoms with Crippen molar-refractivity contribution in [1.29, 1.82) is 0 Å². The fourth-order valence-corrected chi connectivity index (χ4v) is 3.65. The summed E-state index contributed by atoms with van der Waals surface area (Å²) in [6, 6.07) is 9.77. The lowest BCUT2D eigenvalue weighted by Gasteiger charge is -2.31. The van der Waals surface area contributed by atoms with Crippen LogP contribution < -0.4 is 5.32 Å². The number of nitrogens with zero attached hydrogens (tertiary/aromatic N) is 3. The number of hydrogen-bond donors (Lipinski definition) is 1. The molecule has 6 nitrogen and oxygen atoms in total. The van der Waals surface area contributed by atoms with Crippen molar-refractivity contribution in [3.05, 3.63) is 47.8 Å². The largest absolute Gasteiger partial charge is 0.351 e. The molecule has 0 radical (unpaired) electrons. The number of rotatable bonds is 6. The zero-order chi connectivity index (χ0) is 19.2. The van der Waals surface area contributed by atoms with Crippen LogP contribution in [-0.2, 0) is 11.2 Å². The van der Waals surface area contributed by atoms with E-state index < -0.39 is 0 Å². The number of likely N-dealkylation sites (tertiary alicyclic amines) is 1. The van der Waals surface area contributed by atoms with Crippen molar-refractivity contribution in [3.8, 4) is 5.69 Å². The first-order chi connectivity index (χ1) is 13.1. The number of para-hydroxylation sites is 1. The van der Waals surface area contributed by atoms with Crippen LogP contribution in [0.3, 0.4) is 0 Å². The van der Waals surface area contributed by atoms with E-state index in [9.17, 15) is 9.59 Å². The molecule has 1 aromatic carbocycles. The van der Waals surface area contributed by atoms with Gasteiger partial charge in [-0.05, 0) is 37.3 Å². The molecule has 1 saturated heterocycles. The zero-order valence-corrected chi connectivity index (χ0v) is 16.1. The third-order valence-electron chi connectivity index (χ3n) is 5.08. The van der Waals surface area contributed by atoms with Crippen LogP contribution in [-0.4, -0.2) is 46.1 Å². The molecule has 1 N–H and O–H groups in total. The van der Waals surface area contributed by atoms with Crippen LogP contribution in [0.25, 0.3) is 5.69 Å². The Labute approximate surface area is 160 Å². The van der Waals surface area contributed by atoms with Gasteiger partial charge in [0.2, 0.25) is 5.91 Å². The number of benzene rings is 1. The summed E-state index contributed by atoms with van der Waals surface area (Å²) in [7, 11) is 0. The van der Waals surface area contributed by atoms with Crippen molar-refractivity contribution >= 4 is 11.8 Å². The third-order valence-corrected chi connectivity index (χ3v) is 5.08. The molecule has 27 heavy (non-hydrogen) atoms. The van der Waals surface area contributed by atoms with E-state index in [-0.39, 0.29) is 11.8 Å². The maximum atomic E-state index is 12.6. The monoisotopic (exact) mass is 368 g/mol. The topological polar surface area (TPSA) is 67.2 Å². The molecule has 6 heteroatoms. The van der Waals surface area contributed by atoms with Crippen LogP contribution in [0.4, 0.5) is 0 Å². The number of nitrogens with one attached hydrogen (secondary N) is 1. The zero-order valence-electron chi connectivity index (χ0n) is 16.1. The number of amides is 2. The van der Waals surface area contributed by atoms with E-state index in [1.54, 1.807) is 10.9 Å². The second kappa shape index (κ2) is 8.84. The standard InChI is InChI=1S/C21H28N4O2/c1-3-19-18(14-23-25(19)17-9-5-4-6-10-17)21(27)22-12-11-20(26)24-13-7-8-16(2)15-24/h4-6,9-10,14,16H,3,7-8,11-13,15H2,1-2H3,(H,22,27). The first-order valence-electron chi connectivity index (χ1n) is 9.78. The van der Waals surface area contributed by atoms with Crippen LogP contribution in [0.1, 0.15) is 49.2 Å². The minimum atomic E-state index is -0.172. The molecule has 2 amide bonds. The van der Waals surface area contributed by atoms with Gasteiger partial charge >= 0.3 is 0 Å². The lowest BCUT2D eigenvalue weighted by atomic mass is 10.00. The van der Waals surface area contributed by atoms with E-state index in [1.807, 2.05) is 42.2 Å². The van der Waals surface area contributed by atoms with E-state index in [4.69, 9.17) is 0 Å². The molecule has 0 spiro atoms. The van der Waals surface area contributed by atoms with E-state index in [0.29, 0.717) is 30.9 Å². The van der Waals surface area contributed by atoms with Crippen LogP contribution in [0.5, 0.6) is 0 Å². The summed E-state index contributed by atoms with van der Waals surface area (Å²) in [6.45, 7) is 6.20. The van der Waals surface area contributed by atoms with E-state index >= 15 is 0 Å². The minimum Gasteiger partial charge on any atom is -0.351 e. The number of carbonyl (C=O) groups is 2.